The van der Waals surface area contributed by atoms with Gasteiger partial charge in [-0.05, 0) is 36.6 Å². The lowest BCUT2D eigenvalue weighted by atomic mass is 9.92. The zero-order valence-corrected chi connectivity index (χ0v) is 18.8. The number of H-pyrrole nitrogens is 1. The lowest BCUT2D eigenvalue weighted by molar-refractivity contribution is -0.123. The number of thioether (sulfide) groups is 1. The third-order valence-electron chi connectivity index (χ3n) is 5.18. The van der Waals surface area contributed by atoms with Crippen LogP contribution in [0.4, 0.5) is 11.5 Å². The molecule has 0 spiro atoms. The van der Waals surface area contributed by atoms with E-state index in [4.69, 9.17) is 11.6 Å². The zero-order valence-electron chi connectivity index (χ0n) is 17.3. The number of aromatic nitrogens is 2. The molecule has 3 aromatic rings. The van der Waals surface area contributed by atoms with Crippen molar-refractivity contribution < 1.29 is 9.59 Å². The molecule has 3 N–H and O–H groups in total. The number of nitrogens with zero attached hydrogens (tertiary/aromatic N) is 1. The number of rotatable bonds is 6. The molecule has 4 rings (SSSR count). The summed E-state index contributed by atoms with van der Waals surface area (Å²) >= 11 is 7.42. The summed E-state index contributed by atoms with van der Waals surface area (Å²) < 4.78 is 0. The van der Waals surface area contributed by atoms with E-state index in [-0.39, 0.29) is 23.7 Å². The van der Waals surface area contributed by atoms with Crippen molar-refractivity contribution in [1.29, 1.82) is 0 Å². The van der Waals surface area contributed by atoms with Crippen molar-refractivity contribution in [1.82, 2.24) is 9.97 Å². The maximum Gasteiger partial charge on any atom is 0.257 e. The van der Waals surface area contributed by atoms with Gasteiger partial charge in [0.25, 0.3) is 5.56 Å². The van der Waals surface area contributed by atoms with Crippen LogP contribution in [0.5, 0.6) is 0 Å². The minimum Gasteiger partial charge on any atom is -0.325 e. The minimum atomic E-state index is -0.947. The Bertz CT molecular complexity index is 1230. The maximum absolute atomic E-state index is 13.0. The number of fused-ring (bicyclic) bond motifs is 1. The first-order chi connectivity index (χ1) is 15.4. The highest BCUT2D eigenvalue weighted by Crippen LogP contribution is 2.31. The molecule has 1 atom stereocenters. The molecule has 0 saturated carbocycles. The first-order valence-corrected chi connectivity index (χ1v) is 11.4. The van der Waals surface area contributed by atoms with Crippen molar-refractivity contribution in [2.45, 2.75) is 30.8 Å². The number of hydrogen-bond donors (Lipinski definition) is 3. The second-order valence-corrected chi connectivity index (χ2v) is 8.99. The predicted molar refractivity (Wildman–Crippen MR) is 127 cm³/mol. The number of aromatic amines is 1. The van der Waals surface area contributed by atoms with Gasteiger partial charge in [-0.2, -0.15) is 0 Å². The standard InChI is InChI=1S/C23H21ClN4O3S/c1-13-7-8-15(24)11-17(13)25-21(30)16-12-18(29)26-20-19(16)22(31)28-23(27-20)32-10-9-14-5-3-2-4-6-14/h2-8,11,16H,9-10,12H2,1H3,(H,25,30)(H2,26,27,28,29,31)/t16-/m0/s1. The number of anilines is 2. The van der Waals surface area contributed by atoms with E-state index >= 15 is 0 Å². The van der Waals surface area contributed by atoms with Gasteiger partial charge in [0.2, 0.25) is 11.8 Å². The Hall–Kier alpha value is -3.10. The largest absolute Gasteiger partial charge is 0.325 e. The van der Waals surface area contributed by atoms with Gasteiger partial charge in [0.15, 0.2) is 5.16 Å². The van der Waals surface area contributed by atoms with Gasteiger partial charge in [-0.3, -0.25) is 14.4 Å². The quantitative estimate of drug-likeness (QED) is 0.372. The van der Waals surface area contributed by atoms with Crippen molar-refractivity contribution in [2.24, 2.45) is 0 Å². The normalized spacial score (nSPS) is 15.1. The second-order valence-electron chi connectivity index (χ2n) is 7.47. The van der Waals surface area contributed by atoms with E-state index in [1.807, 2.05) is 37.3 Å². The highest BCUT2D eigenvalue weighted by Gasteiger charge is 2.35. The summed E-state index contributed by atoms with van der Waals surface area (Å²) in [5.41, 5.74) is 2.27. The van der Waals surface area contributed by atoms with E-state index < -0.39 is 17.4 Å². The summed E-state index contributed by atoms with van der Waals surface area (Å²) in [7, 11) is 0. The van der Waals surface area contributed by atoms with Crippen LogP contribution < -0.4 is 16.2 Å². The first kappa shape index (κ1) is 22.1. The first-order valence-electron chi connectivity index (χ1n) is 10.1. The highest BCUT2D eigenvalue weighted by molar-refractivity contribution is 7.99. The fraction of sp³-hybridized carbons (Fsp3) is 0.217. The molecule has 2 amide bonds. The van der Waals surface area contributed by atoms with Crippen LogP contribution in [0.2, 0.25) is 5.02 Å². The molecule has 32 heavy (non-hydrogen) atoms. The Balaban J connectivity index is 1.54. The number of benzene rings is 2. The molecular weight excluding hydrogens is 448 g/mol. The number of hydrogen-bond acceptors (Lipinski definition) is 5. The van der Waals surface area contributed by atoms with Gasteiger partial charge in [-0.15, -0.1) is 0 Å². The average Bonchev–Trinajstić information content (AvgIpc) is 2.76. The monoisotopic (exact) mass is 468 g/mol. The van der Waals surface area contributed by atoms with Crippen molar-refractivity contribution in [3.05, 3.63) is 80.6 Å². The number of carbonyl (C=O) groups is 2. The Morgan fingerprint density at radius 1 is 1.22 bits per heavy atom. The molecule has 0 unspecified atom stereocenters. The molecular formula is C23H21ClN4O3S. The van der Waals surface area contributed by atoms with Crippen molar-refractivity contribution in [2.75, 3.05) is 16.4 Å². The smallest absolute Gasteiger partial charge is 0.257 e. The van der Waals surface area contributed by atoms with Crippen LogP contribution in [0.25, 0.3) is 0 Å². The van der Waals surface area contributed by atoms with E-state index in [2.05, 4.69) is 20.6 Å². The van der Waals surface area contributed by atoms with Crippen LogP contribution in [0, 0.1) is 6.92 Å². The highest BCUT2D eigenvalue weighted by atomic mass is 35.5. The molecule has 164 valence electrons. The molecule has 7 nitrogen and oxygen atoms in total. The van der Waals surface area contributed by atoms with Gasteiger partial charge < -0.3 is 15.6 Å². The molecule has 0 aliphatic carbocycles. The van der Waals surface area contributed by atoms with Crippen LogP contribution >= 0.6 is 23.4 Å². The van der Waals surface area contributed by atoms with Crippen molar-refractivity contribution in [3.63, 3.8) is 0 Å². The van der Waals surface area contributed by atoms with E-state index in [0.717, 1.165) is 12.0 Å². The van der Waals surface area contributed by atoms with Crippen LogP contribution in [0.3, 0.4) is 0 Å². The molecule has 1 aliphatic rings. The molecule has 1 aromatic heterocycles. The van der Waals surface area contributed by atoms with E-state index in [9.17, 15) is 14.4 Å². The van der Waals surface area contributed by atoms with Crippen molar-refractivity contribution >= 4 is 46.7 Å². The van der Waals surface area contributed by atoms with Gasteiger partial charge in [-0.1, -0.05) is 59.8 Å². The minimum absolute atomic E-state index is 0.134. The molecule has 0 saturated heterocycles. The zero-order chi connectivity index (χ0) is 22.7. The fourth-order valence-electron chi connectivity index (χ4n) is 3.50. The number of carbonyl (C=O) groups excluding carboxylic acids is 2. The Morgan fingerprint density at radius 3 is 2.78 bits per heavy atom. The third-order valence-corrected chi connectivity index (χ3v) is 6.29. The summed E-state index contributed by atoms with van der Waals surface area (Å²) in [4.78, 5) is 45.3. The number of aryl methyl sites for hydroxylation is 2. The van der Waals surface area contributed by atoms with E-state index in [1.165, 1.54) is 17.3 Å². The lowest BCUT2D eigenvalue weighted by Gasteiger charge is -2.24. The average molecular weight is 469 g/mol. The van der Waals surface area contributed by atoms with Crippen LogP contribution in [0.1, 0.15) is 29.0 Å². The summed E-state index contributed by atoms with van der Waals surface area (Å²) in [5, 5.41) is 6.30. The van der Waals surface area contributed by atoms with Crippen molar-refractivity contribution in [3.8, 4) is 0 Å². The van der Waals surface area contributed by atoms with Crippen LogP contribution in [-0.4, -0.2) is 27.5 Å². The predicted octanol–water partition coefficient (Wildman–Crippen LogP) is 4.13. The molecule has 9 heteroatoms. The SMILES string of the molecule is Cc1ccc(Cl)cc1NC(=O)[C@H]1CC(=O)Nc2nc(SCCc3ccccc3)[nH]c(=O)c21. The molecule has 2 aromatic carbocycles. The molecule has 0 bridgehead atoms. The topological polar surface area (TPSA) is 104 Å². The summed E-state index contributed by atoms with van der Waals surface area (Å²) in [6.07, 6.45) is 0.673. The summed E-state index contributed by atoms with van der Waals surface area (Å²) in [6.45, 7) is 1.83. The number of nitrogens with one attached hydrogen (secondary N) is 3. The van der Waals surface area contributed by atoms with Crippen LogP contribution in [-0.2, 0) is 16.0 Å². The van der Waals surface area contributed by atoms with Gasteiger partial charge in [0.1, 0.15) is 5.82 Å². The summed E-state index contributed by atoms with van der Waals surface area (Å²) in [6, 6.07) is 15.1. The Kier molecular flexibility index (Phi) is 6.62. The van der Waals surface area contributed by atoms with E-state index in [0.29, 0.717) is 21.6 Å². The van der Waals surface area contributed by atoms with Gasteiger partial charge in [0.05, 0.1) is 11.5 Å². The van der Waals surface area contributed by atoms with Crippen LogP contribution in [0.15, 0.2) is 58.5 Å². The molecule has 2 heterocycles. The van der Waals surface area contributed by atoms with E-state index in [1.54, 1.807) is 18.2 Å². The number of amides is 2. The lowest BCUT2D eigenvalue weighted by Crippen LogP contribution is -2.36. The molecule has 1 aliphatic heterocycles. The molecule has 0 radical (unpaired) electrons. The third kappa shape index (κ3) is 5.03. The van der Waals surface area contributed by atoms with Gasteiger partial charge in [0, 0.05) is 22.9 Å². The Labute approximate surface area is 194 Å². The number of halogens is 1. The Morgan fingerprint density at radius 2 is 2.00 bits per heavy atom. The maximum atomic E-state index is 13.0. The molecule has 0 fully saturated rings. The van der Waals surface area contributed by atoms with Gasteiger partial charge in [-0.25, -0.2) is 4.98 Å². The fourth-order valence-corrected chi connectivity index (χ4v) is 4.53. The second kappa shape index (κ2) is 9.58. The van der Waals surface area contributed by atoms with Gasteiger partial charge >= 0.3 is 0 Å². The summed E-state index contributed by atoms with van der Waals surface area (Å²) in [5.74, 6) is -0.925.